The van der Waals surface area contributed by atoms with E-state index in [2.05, 4.69) is 26.7 Å². The molecule has 1 aromatic carbocycles. The summed E-state index contributed by atoms with van der Waals surface area (Å²) in [6.07, 6.45) is 3.81. The topological polar surface area (TPSA) is 30.7 Å². The van der Waals surface area contributed by atoms with Gasteiger partial charge in [-0.1, -0.05) is 18.2 Å². The summed E-state index contributed by atoms with van der Waals surface area (Å²) in [5.74, 6) is 0.448. The fraction of sp³-hybridized carbons (Fsp3) is 0.200. The first-order valence-electron chi connectivity index (χ1n) is 6.18. The monoisotopic (exact) mass is 271 g/mol. The van der Waals surface area contributed by atoms with Gasteiger partial charge in [-0.3, -0.25) is 4.98 Å². The molecular weight excluding hydrogens is 258 g/mol. The summed E-state index contributed by atoms with van der Waals surface area (Å²) in [7, 11) is 0. The highest BCUT2D eigenvalue weighted by molar-refractivity contribution is 6.16. The van der Waals surface area contributed by atoms with Gasteiger partial charge in [-0.2, -0.15) is 0 Å². The van der Waals surface area contributed by atoms with Crippen molar-refractivity contribution in [1.82, 2.24) is 14.5 Å². The van der Waals surface area contributed by atoms with Crippen LogP contribution in [-0.4, -0.2) is 14.5 Å². The molecule has 3 nitrogen and oxygen atoms in total. The highest BCUT2D eigenvalue weighted by Crippen LogP contribution is 2.19. The smallest absolute Gasteiger partial charge is 0.0953 e. The number of aryl methyl sites for hydroxylation is 1. The van der Waals surface area contributed by atoms with Gasteiger partial charge in [0.15, 0.2) is 0 Å². The van der Waals surface area contributed by atoms with Crippen LogP contribution in [0.2, 0.25) is 0 Å². The summed E-state index contributed by atoms with van der Waals surface area (Å²) in [6.45, 7) is 2.81. The van der Waals surface area contributed by atoms with Gasteiger partial charge in [0.2, 0.25) is 0 Å². The lowest BCUT2D eigenvalue weighted by atomic mass is 10.1. The molecule has 3 aromatic rings. The van der Waals surface area contributed by atoms with Crippen molar-refractivity contribution in [3.05, 3.63) is 59.8 Å². The van der Waals surface area contributed by atoms with Crippen LogP contribution in [0.15, 0.2) is 42.9 Å². The van der Waals surface area contributed by atoms with Gasteiger partial charge in [0, 0.05) is 23.8 Å². The third-order valence-electron chi connectivity index (χ3n) is 3.11. The van der Waals surface area contributed by atoms with Crippen LogP contribution in [0.3, 0.4) is 0 Å². The van der Waals surface area contributed by atoms with Crippen LogP contribution in [0.25, 0.3) is 10.9 Å². The zero-order valence-electron chi connectivity index (χ0n) is 10.7. The molecular formula is C15H14ClN3. The quantitative estimate of drug-likeness (QED) is 0.683. The minimum absolute atomic E-state index is 0.448. The molecule has 0 aliphatic heterocycles. The van der Waals surface area contributed by atoms with E-state index in [0.29, 0.717) is 5.88 Å². The molecule has 19 heavy (non-hydrogen) atoms. The number of fused-ring (bicyclic) bond motifs is 1. The van der Waals surface area contributed by atoms with E-state index in [1.54, 1.807) is 0 Å². The van der Waals surface area contributed by atoms with Gasteiger partial charge in [0.05, 0.1) is 23.4 Å². The predicted octanol–water partition coefficient (Wildman–Crippen LogP) is 3.53. The van der Waals surface area contributed by atoms with Gasteiger partial charge < -0.3 is 4.57 Å². The SMILES string of the molecule is Cc1cc(Cn2cnc(CCl)c2)c2ccccc2n1. The van der Waals surface area contributed by atoms with Crippen molar-refractivity contribution in [3.63, 3.8) is 0 Å². The molecule has 0 N–H and O–H groups in total. The third-order valence-corrected chi connectivity index (χ3v) is 3.38. The second-order valence-electron chi connectivity index (χ2n) is 4.61. The lowest BCUT2D eigenvalue weighted by Gasteiger charge is -2.08. The molecule has 4 heteroatoms. The molecule has 0 bridgehead atoms. The van der Waals surface area contributed by atoms with Crippen LogP contribution in [-0.2, 0) is 12.4 Å². The zero-order valence-corrected chi connectivity index (χ0v) is 11.4. The summed E-state index contributed by atoms with van der Waals surface area (Å²) in [5, 5.41) is 1.19. The standard InChI is InChI=1S/C15H14ClN3/c1-11-6-12(8-19-9-13(7-16)17-10-19)14-4-2-3-5-15(14)18-11/h2-6,9-10H,7-8H2,1H3. The van der Waals surface area contributed by atoms with E-state index < -0.39 is 0 Å². The number of hydrogen-bond donors (Lipinski definition) is 0. The Labute approximate surface area is 116 Å². The van der Waals surface area contributed by atoms with Crippen LogP contribution in [0.4, 0.5) is 0 Å². The van der Waals surface area contributed by atoms with Crippen molar-refractivity contribution in [2.75, 3.05) is 0 Å². The molecule has 0 radical (unpaired) electrons. The number of nitrogens with zero attached hydrogens (tertiary/aromatic N) is 3. The minimum Gasteiger partial charge on any atom is -0.333 e. The molecule has 0 unspecified atom stereocenters. The van der Waals surface area contributed by atoms with E-state index in [4.69, 9.17) is 11.6 Å². The summed E-state index contributed by atoms with van der Waals surface area (Å²) in [5.41, 5.74) is 4.22. The number of halogens is 1. The second-order valence-corrected chi connectivity index (χ2v) is 4.88. The van der Waals surface area contributed by atoms with Gasteiger partial charge in [-0.15, -0.1) is 11.6 Å². The van der Waals surface area contributed by atoms with Crippen molar-refractivity contribution >= 4 is 22.5 Å². The molecule has 0 atom stereocenters. The Bertz CT molecular complexity index is 718. The Morgan fingerprint density at radius 1 is 1.26 bits per heavy atom. The molecule has 0 amide bonds. The Kier molecular flexibility index (Phi) is 3.22. The fourth-order valence-corrected chi connectivity index (χ4v) is 2.42. The maximum atomic E-state index is 5.78. The van der Waals surface area contributed by atoms with E-state index in [1.807, 2.05) is 37.6 Å². The number of para-hydroxylation sites is 1. The average Bonchev–Trinajstić information content (AvgIpc) is 2.86. The largest absolute Gasteiger partial charge is 0.333 e. The zero-order chi connectivity index (χ0) is 13.2. The van der Waals surface area contributed by atoms with Crippen LogP contribution in [0, 0.1) is 6.92 Å². The Morgan fingerprint density at radius 3 is 2.89 bits per heavy atom. The first kappa shape index (κ1) is 12.2. The normalized spacial score (nSPS) is 11.1. The van der Waals surface area contributed by atoms with Crippen molar-refractivity contribution < 1.29 is 0 Å². The van der Waals surface area contributed by atoms with Crippen molar-refractivity contribution in [3.8, 4) is 0 Å². The molecule has 0 fully saturated rings. The molecule has 0 aliphatic rings. The van der Waals surface area contributed by atoms with Crippen molar-refractivity contribution in [1.29, 1.82) is 0 Å². The Balaban J connectivity index is 2.04. The highest BCUT2D eigenvalue weighted by atomic mass is 35.5. The fourth-order valence-electron chi connectivity index (χ4n) is 2.28. The van der Waals surface area contributed by atoms with Crippen molar-refractivity contribution in [2.24, 2.45) is 0 Å². The minimum atomic E-state index is 0.448. The Hall–Kier alpha value is -1.87. The van der Waals surface area contributed by atoms with Gasteiger partial charge in [0.25, 0.3) is 0 Å². The summed E-state index contributed by atoms with van der Waals surface area (Å²) >= 11 is 5.78. The molecule has 0 saturated carbocycles. The van der Waals surface area contributed by atoms with Gasteiger partial charge >= 0.3 is 0 Å². The summed E-state index contributed by atoms with van der Waals surface area (Å²) in [4.78, 5) is 8.80. The number of hydrogen-bond acceptors (Lipinski definition) is 2. The maximum absolute atomic E-state index is 5.78. The molecule has 2 aromatic heterocycles. The number of benzene rings is 1. The van der Waals surface area contributed by atoms with Crippen LogP contribution >= 0.6 is 11.6 Å². The molecule has 3 rings (SSSR count). The lowest BCUT2D eigenvalue weighted by Crippen LogP contribution is -1.99. The third kappa shape index (κ3) is 2.47. The molecule has 2 heterocycles. The van der Waals surface area contributed by atoms with Gasteiger partial charge in [-0.25, -0.2) is 4.98 Å². The lowest BCUT2D eigenvalue weighted by molar-refractivity contribution is 0.800. The number of aromatic nitrogens is 3. The van der Waals surface area contributed by atoms with Crippen LogP contribution < -0.4 is 0 Å². The summed E-state index contributed by atoms with van der Waals surface area (Å²) < 4.78 is 2.05. The number of imidazole rings is 1. The van der Waals surface area contributed by atoms with E-state index in [9.17, 15) is 0 Å². The molecule has 0 spiro atoms. The van der Waals surface area contributed by atoms with Crippen LogP contribution in [0.5, 0.6) is 0 Å². The van der Waals surface area contributed by atoms with Crippen LogP contribution in [0.1, 0.15) is 17.0 Å². The highest BCUT2D eigenvalue weighted by Gasteiger charge is 2.05. The van der Waals surface area contributed by atoms with Gasteiger partial charge in [-0.05, 0) is 24.6 Å². The van der Waals surface area contributed by atoms with E-state index >= 15 is 0 Å². The number of alkyl halides is 1. The number of pyridine rings is 1. The average molecular weight is 272 g/mol. The molecule has 96 valence electrons. The van der Waals surface area contributed by atoms with E-state index in [0.717, 1.165) is 23.4 Å². The Morgan fingerprint density at radius 2 is 2.11 bits per heavy atom. The molecule has 0 aliphatic carbocycles. The number of rotatable bonds is 3. The second kappa shape index (κ2) is 5.02. The van der Waals surface area contributed by atoms with Gasteiger partial charge in [0.1, 0.15) is 0 Å². The predicted molar refractivity (Wildman–Crippen MR) is 77.4 cm³/mol. The first-order chi connectivity index (χ1) is 9.26. The molecule has 0 saturated heterocycles. The van der Waals surface area contributed by atoms with Crippen molar-refractivity contribution in [2.45, 2.75) is 19.3 Å². The van der Waals surface area contributed by atoms with E-state index in [1.165, 1.54) is 10.9 Å². The summed E-state index contributed by atoms with van der Waals surface area (Å²) in [6, 6.07) is 10.3. The first-order valence-corrected chi connectivity index (χ1v) is 6.71. The van der Waals surface area contributed by atoms with E-state index in [-0.39, 0.29) is 0 Å². The maximum Gasteiger partial charge on any atom is 0.0953 e.